The third kappa shape index (κ3) is 4.00. The van der Waals surface area contributed by atoms with Crippen molar-refractivity contribution in [3.8, 4) is 17.4 Å². The molecular weight excluding hydrogens is 598 g/mol. The summed E-state index contributed by atoms with van der Waals surface area (Å²) in [5, 5.41) is 21.3. The first-order chi connectivity index (χ1) is 22.3. The summed E-state index contributed by atoms with van der Waals surface area (Å²) in [6.07, 6.45) is 2.39. The number of ketones is 1. The van der Waals surface area contributed by atoms with E-state index in [0.717, 1.165) is 32.4 Å². The highest BCUT2D eigenvalue weighted by Crippen LogP contribution is 2.52. The van der Waals surface area contributed by atoms with E-state index in [9.17, 15) is 29.2 Å². The van der Waals surface area contributed by atoms with Crippen LogP contribution in [-0.4, -0.2) is 76.0 Å². The van der Waals surface area contributed by atoms with Gasteiger partial charge in [0.1, 0.15) is 22.9 Å². The van der Waals surface area contributed by atoms with Crippen LogP contribution in [0.5, 0.6) is 0 Å². The van der Waals surface area contributed by atoms with E-state index in [2.05, 4.69) is 15.5 Å². The second kappa shape index (κ2) is 11.2. The van der Waals surface area contributed by atoms with Crippen LogP contribution in [0.3, 0.4) is 0 Å². The Morgan fingerprint density at radius 2 is 1.48 bits per heavy atom. The zero-order chi connectivity index (χ0) is 32.7. The maximum Gasteiger partial charge on any atom is 0.339 e. The number of nitrogens with zero attached hydrogens (tertiary/aromatic N) is 6. The van der Waals surface area contributed by atoms with Crippen molar-refractivity contribution >= 4 is 41.2 Å². The first-order valence-corrected chi connectivity index (χ1v) is 13.6. The standard InChI is InChI=1S/C31H23N7O8/c1-44-28(41)21-23(35-25-17(14-32)15-33-37(25)18-10-6-4-7-11-18)27(40)36-26-20(16-34-38(26)19-12-8-5-9-13-19)24(39)22(29(42)45-2)31(21,36)30(43)46-3/h4-13,15-16,22,35H,1-3H3. The minimum atomic E-state index is -2.77. The van der Waals surface area contributed by atoms with Crippen molar-refractivity contribution in [1.82, 2.24) is 19.6 Å². The Morgan fingerprint density at radius 3 is 2.04 bits per heavy atom. The van der Waals surface area contributed by atoms with Crippen LogP contribution in [-0.2, 0) is 33.4 Å². The molecule has 2 aliphatic rings. The van der Waals surface area contributed by atoms with Crippen LogP contribution in [0.1, 0.15) is 15.9 Å². The van der Waals surface area contributed by atoms with E-state index in [1.54, 1.807) is 60.7 Å². The number of aromatic nitrogens is 4. The van der Waals surface area contributed by atoms with Gasteiger partial charge in [0, 0.05) is 0 Å². The molecule has 0 aliphatic carbocycles. The van der Waals surface area contributed by atoms with Gasteiger partial charge in [-0.2, -0.15) is 15.5 Å². The number of fused-ring (bicyclic) bond motifs is 3. The van der Waals surface area contributed by atoms with E-state index < -0.39 is 52.3 Å². The van der Waals surface area contributed by atoms with Crippen LogP contribution in [0, 0.1) is 17.2 Å². The van der Waals surface area contributed by atoms with Gasteiger partial charge in [-0.3, -0.25) is 19.3 Å². The number of nitriles is 1. The molecular formula is C31H23N7O8. The molecule has 0 spiro atoms. The summed E-state index contributed by atoms with van der Waals surface area (Å²) in [6, 6.07) is 18.9. The van der Waals surface area contributed by atoms with Crippen molar-refractivity contribution in [2.24, 2.45) is 5.92 Å². The number of amides is 1. The summed E-state index contributed by atoms with van der Waals surface area (Å²) in [4.78, 5) is 71.2. The Balaban J connectivity index is 1.70. The van der Waals surface area contributed by atoms with Gasteiger partial charge in [-0.1, -0.05) is 36.4 Å². The molecule has 46 heavy (non-hydrogen) atoms. The summed E-state index contributed by atoms with van der Waals surface area (Å²) in [7, 11) is 2.96. The molecule has 0 fully saturated rings. The number of methoxy groups -OCH3 is 3. The Kier molecular flexibility index (Phi) is 7.17. The van der Waals surface area contributed by atoms with Gasteiger partial charge in [0.25, 0.3) is 5.91 Å². The molecule has 2 atom stereocenters. The van der Waals surface area contributed by atoms with Crippen molar-refractivity contribution in [2.45, 2.75) is 5.54 Å². The molecule has 6 rings (SSSR count). The Hall–Kier alpha value is -6.56. The number of anilines is 2. The molecule has 0 radical (unpaired) electrons. The van der Waals surface area contributed by atoms with E-state index in [-0.39, 0.29) is 22.8 Å². The Morgan fingerprint density at radius 1 is 0.870 bits per heavy atom. The Labute approximate surface area is 260 Å². The van der Waals surface area contributed by atoms with Crippen LogP contribution < -0.4 is 10.2 Å². The lowest BCUT2D eigenvalue weighted by molar-refractivity contribution is -0.157. The van der Waals surface area contributed by atoms with E-state index in [0.29, 0.717) is 11.4 Å². The third-order valence-electron chi connectivity index (χ3n) is 7.76. The van der Waals surface area contributed by atoms with E-state index >= 15 is 0 Å². The van der Waals surface area contributed by atoms with Crippen LogP contribution in [0.15, 0.2) is 84.3 Å². The molecule has 15 nitrogen and oxygen atoms in total. The smallest absolute Gasteiger partial charge is 0.339 e. The van der Waals surface area contributed by atoms with Crippen molar-refractivity contribution in [2.75, 3.05) is 31.5 Å². The van der Waals surface area contributed by atoms with Crippen LogP contribution in [0.2, 0.25) is 0 Å². The molecule has 0 saturated carbocycles. The highest BCUT2D eigenvalue weighted by Gasteiger charge is 2.72. The number of hydrogen-bond donors (Lipinski definition) is 1. The molecule has 0 saturated heterocycles. The molecule has 2 aromatic carbocycles. The number of nitrogens with one attached hydrogen (secondary N) is 1. The topological polar surface area (TPSA) is 188 Å². The van der Waals surface area contributed by atoms with Crippen LogP contribution in [0.25, 0.3) is 11.4 Å². The SMILES string of the molecule is COC(=O)C1=C(Nc2c(C#N)cnn2-c2ccccc2)C(=O)N2c3c(cnn3-c3ccccc3)C(=O)C(C(=O)OC)C12C(=O)OC. The number of carbonyl (C=O) groups is 5. The van der Waals surface area contributed by atoms with Crippen molar-refractivity contribution in [1.29, 1.82) is 5.26 Å². The van der Waals surface area contributed by atoms with Crippen LogP contribution in [0.4, 0.5) is 11.6 Å². The third-order valence-corrected chi connectivity index (χ3v) is 7.76. The molecule has 1 amide bonds. The van der Waals surface area contributed by atoms with Crippen LogP contribution >= 0.6 is 0 Å². The molecule has 4 aromatic rings. The number of Topliss-reactive ketones (excluding diaryl/α,β-unsaturated/α-hetero) is 1. The number of ether oxygens (including phenoxy) is 3. The maximum atomic E-state index is 14.8. The first kappa shape index (κ1) is 29.5. The Bertz CT molecular complexity index is 2010. The number of carbonyl (C=O) groups excluding carboxylic acids is 5. The zero-order valence-electron chi connectivity index (χ0n) is 24.5. The molecule has 4 heterocycles. The fourth-order valence-electron chi connectivity index (χ4n) is 5.82. The minimum Gasteiger partial charge on any atom is -0.468 e. The lowest BCUT2D eigenvalue weighted by Gasteiger charge is -2.43. The largest absolute Gasteiger partial charge is 0.468 e. The first-order valence-electron chi connectivity index (χ1n) is 13.6. The van der Waals surface area contributed by atoms with Gasteiger partial charge in [0.05, 0.1) is 50.7 Å². The summed E-state index contributed by atoms with van der Waals surface area (Å²) >= 11 is 0. The number of rotatable bonds is 7. The summed E-state index contributed by atoms with van der Waals surface area (Å²) in [5.74, 6) is -8.21. The fourth-order valence-corrected chi connectivity index (χ4v) is 5.82. The molecule has 230 valence electrons. The molecule has 2 unspecified atom stereocenters. The second-order valence-electron chi connectivity index (χ2n) is 9.98. The summed E-state index contributed by atoms with van der Waals surface area (Å²) < 4.78 is 17.7. The fraction of sp³-hybridized carbons (Fsp3) is 0.161. The average Bonchev–Trinajstić information content (AvgIpc) is 3.78. The van der Waals surface area contributed by atoms with Gasteiger partial charge in [-0.05, 0) is 24.3 Å². The lowest BCUT2D eigenvalue weighted by Crippen LogP contribution is -2.67. The highest BCUT2D eigenvalue weighted by atomic mass is 16.5. The minimum absolute atomic E-state index is 0.0408. The summed E-state index contributed by atoms with van der Waals surface area (Å²) in [6.45, 7) is 0. The van der Waals surface area contributed by atoms with Gasteiger partial charge in [0.15, 0.2) is 23.3 Å². The second-order valence-corrected chi connectivity index (χ2v) is 9.98. The van der Waals surface area contributed by atoms with Crippen molar-refractivity contribution < 1.29 is 38.2 Å². The molecule has 2 aliphatic heterocycles. The molecule has 0 bridgehead atoms. The van der Waals surface area contributed by atoms with E-state index in [4.69, 9.17) is 14.2 Å². The predicted octanol–water partition coefficient (Wildman–Crippen LogP) is 1.71. The molecule has 15 heteroatoms. The average molecular weight is 622 g/mol. The number of esters is 3. The number of para-hydroxylation sites is 2. The monoisotopic (exact) mass is 621 g/mol. The van der Waals surface area contributed by atoms with Crippen molar-refractivity contribution in [3.63, 3.8) is 0 Å². The van der Waals surface area contributed by atoms with Crippen molar-refractivity contribution in [3.05, 3.63) is 95.5 Å². The van der Waals surface area contributed by atoms with Gasteiger partial charge in [0.2, 0.25) is 5.54 Å². The highest BCUT2D eigenvalue weighted by molar-refractivity contribution is 6.32. The van der Waals surface area contributed by atoms with Gasteiger partial charge >= 0.3 is 17.9 Å². The zero-order valence-corrected chi connectivity index (χ0v) is 24.5. The number of benzene rings is 2. The van der Waals surface area contributed by atoms with Gasteiger partial charge < -0.3 is 19.5 Å². The molecule has 2 aromatic heterocycles. The maximum absolute atomic E-state index is 14.8. The van der Waals surface area contributed by atoms with Gasteiger partial charge in [-0.25, -0.2) is 19.0 Å². The lowest BCUT2D eigenvalue weighted by atomic mass is 9.71. The van der Waals surface area contributed by atoms with E-state index in [1.807, 2.05) is 6.07 Å². The predicted molar refractivity (Wildman–Crippen MR) is 157 cm³/mol. The molecule has 1 N–H and O–H groups in total. The normalized spacial score (nSPS) is 18.4. The van der Waals surface area contributed by atoms with E-state index in [1.165, 1.54) is 15.6 Å². The summed E-state index contributed by atoms with van der Waals surface area (Å²) in [5.41, 5.74) is -3.46. The quantitative estimate of drug-likeness (QED) is 0.179. The van der Waals surface area contributed by atoms with Gasteiger partial charge in [-0.15, -0.1) is 0 Å². The number of hydrogen-bond acceptors (Lipinski definition) is 12.